The molecule has 3 fully saturated rings. The average molecular weight is 419 g/mol. The second-order valence-electron chi connectivity index (χ2n) is 14.5. The molecule has 2 heterocycles. The van der Waals surface area contributed by atoms with Crippen LogP contribution >= 0.6 is 0 Å². The summed E-state index contributed by atoms with van der Waals surface area (Å²) in [7, 11) is 0. The molecular weight excluding hydrogens is 364 g/mol. The molecule has 0 aromatic rings. The molecule has 0 aromatic heterocycles. The lowest BCUT2D eigenvalue weighted by molar-refractivity contribution is -0.0378. The van der Waals surface area contributed by atoms with Crippen molar-refractivity contribution in [3.8, 4) is 0 Å². The van der Waals surface area contributed by atoms with E-state index in [-0.39, 0.29) is 11.1 Å². The molecule has 2 N–H and O–H groups in total. The fourth-order valence-corrected chi connectivity index (χ4v) is 9.03. The number of hydrogen-bond donors (Lipinski definition) is 2. The summed E-state index contributed by atoms with van der Waals surface area (Å²) in [6, 6.07) is 0. The van der Waals surface area contributed by atoms with Crippen LogP contribution in [0.5, 0.6) is 0 Å². The first-order chi connectivity index (χ1) is 13.6. The fraction of sp³-hybridized carbons (Fsp3) is 1.00. The molecule has 0 radical (unpaired) electrons. The van der Waals surface area contributed by atoms with Crippen LogP contribution in [0.15, 0.2) is 0 Å². The van der Waals surface area contributed by atoms with Gasteiger partial charge in [0.15, 0.2) is 0 Å². The minimum absolute atomic E-state index is 0.276. The molecule has 2 aliphatic heterocycles. The van der Waals surface area contributed by atoms with Gasteiger partial charge in [0.25, 0.3) is 0 Å². The van der Waals surface area contributed by atoms with Crippen molar-refractivity contribution in [3.63, 3.8) is 0 Å². The third-order valence-electron chi connectivity index (χ3n) is 9.64. The Hall–Kier alpha value is -0.0800. The molecule has 2 nitrogen and oxygen atoms in total. The van der Waals surface area contributed by atoms with Gasteiger partial charge in [-0.2, -0.15) is 0 Å². The van der Waals surface area contributed by atoms with Gasteiger partial charge < -0.3 is 10.6 Å². The molecule has 0 aromatic carbocycles. The third-order valence-corrected chi connectivity index (χ3v) is 9.64. The highest BCUT2D eigenvalue weighted by Crippen LogP contribution is 2.52. The summed E-state index contributed by atoms with van der Waals surface area (Å²) in [5.74, 6) is 5.26. The van der Waals surface area contributed by atoms with Gasteiger partial charge in [0.1, 0.15) is 0 Å². The van der Waals surface area contributed by atoms with E-state index < -0.39 is 0 Å². The van der Waals surface area contributed by atoms with Crippen LogP contribution in [-0.4, -0.2) is 24.2 Å². The van der Waals surface area contributed by atoms with Crippen LogP contribution in [-0.2, 0) is 0 Å². The Morgan fingerprint density at radius 1 is 0.600 bits per heavy atom. The van der Waals surface area contributed by atoms with Gasteiger partial charge in [-0.3, -0.25) is 0 Å². The zero-order valence-electron chi connectivity index (χ0n) is 22.1. The van der Waals surface area contributed by atoms with E-state index in [1.807, 2.05) is 0 Å². The molecule has 0 bridgehead atoms. The first-order valence-corrected chi connectivity index (χ1v) is 13.1. The predicted octanol–water partition coefficient (Wildman–Crippen LogP) is 6.89. The van der Waals surface area contributed by atoms with E-state index in [1.165, 1.54) is 51.6 Å². The number of hydrogen-bond acceptors (Lipinski definition) is 2. The maximum Gasteiger partial charge on any atom is 0.0132 e. The van der Waals surface area contributed by atoms with Gasteiger partial charge in [-0.1, -0.05) is 41.5 Å². The molecular formula is C28H54N2. The third kappa shape index (κ3) is 5.28. The summed E-state index contributed by atoms with van der Waals surface area (Å²) < 4.78 is 0. The van der Waals surface area contributed by atoms with Crippen molar-refractivity contribution in [2.24, 2.45) is 46.3 Å². The zero-order chi connectivity index (χ0) is 22.5. The van der Waals surface area contributed by atoms with Crippen LogP contribution in [0.3, 0.4) is 0 Å². The van der Waals surface area contributed by atoms with Gasteiger partial charge in [-0.05, 0) is 113 Å². The molecule has 2 atom stereocenters. The van der Waals surface area contributed by atoms with E-state index in [0.29, 0.717) is 10.8 Å². The van der Waals surface area contributed by atoms with Gasteiger partial charge in [-0.15, -0.1) is 0 Å². The molecule has 2 unspecified atom stereocenters. The Labute approximate surface area is 189 Å². The summed E-state index contributed by atoms with van der Waals surface area (Å²) in [5.41, 5.74) is 1.35. The molecule has 1 saturated carbocycles. The topological polar surface area (TPSA) is 24.1 Å². The zero-order valence-corrected chi connectivity index (χ0v) is 22.1. The van der Waals surface area contributed by atoms with E-state index >= 15 is 0 Å². The van der Waals surface area contributed by atoms with Gasteiger partial charge in [0.05, 0.1) is 0 Å². The minimum atomic E-state index is 0.276. The summed E-state index contributed by atoms with van der Waals surface area (Å²) in [5, 5.41) is 7.61. The molecule has 176 valence electrons. The van der Waals surface area contributed by atoms with Gasteiger partial charge in [-0.25, -0.2) is 0 Å². The maximum absolute atomic E-state index is 3.89. The van der Waals surface area contributed by atoms with Crippen LogP contribution < -0.4 is 10.6 Å². The predicted molar refractivity (Wildman–Crippen MR) is 132 cm³/mol. The summed E-state index contributed by atoms with van der Waals surface area (Å²) in [6.07, 6.45) is 8.53. The first kappa shape index (κ1) is 24.6. The maximum atomic E-state index is 3.89. The van der Waals surface area contributed by atoms with Crippen molar-refractivity contribution in [1.82, 2.24) is 10.6 Å². The summed E-state index contributed by atoms with van der Waals surface area (Å²) >= 11 is 0. The van der Waals surface area contributed by atoms with Gasteiger partial charge >= 0.3 is 0 Å². The largest absolute Gasteiger partial charge is 0.316 e. The Kier molecular flexibility index (Phi) is 6.85. The van der Waals surface area contributed by atoms with Crippen molar-refractivity contribution in [1.29, 1.82) is 0 Å². The lowest BCUT2D eigenvalue weighted by Gasteiger charge is -2.55. The lowest BCUT2D eigenvalue weighted by atomic mass is 9.54. The van der Waals surface area contributed by atoms with Crippen LogP contribution in [0.25, 0.3) is 0 Å². The molecule has 0 spiro atoms. The van der Waals surface area contributed by atoms with E-state index in [2.05, 4.69) is 79.9 Å². The number of piperidine rings is 2. The highest BCUT2D eigenvalue weighted by Gasteiger charge is 2.49. The number of rotatable bonds is 4. The molecule has 3 rings (SSSR count). The van der Waals surface area contributed by atoms with Gasteiger partial charge in [0.2, 0.25) is 0 Å². The van der Waals surface area contributed by atoms with Crippen LogP contribution in [0, 0.1) is 46.3 Å². The summed E-state index contributed by atoms with van der Waals surface area (Å²) in [4.78, 5) is 0. The van der Waals surface area contributed by atoms with Crippen LogP contribution in [0.1, 0.15) is 108 Å². The normalized spacial score (nSPS) is 36.2. The smallest absolute Gasteiger partial charge is 0.0132 e. The van der Waals surface area contributed by atoms with Crippen LogP contribution in [0.2, 0.25) is 0 Å². The van der Waals surface area contributed by atoms with Crippen molar-refractivity contribution in [3.05, 3.63) is 0 Å². The molecule has 1 aliphatic carbocycles. The second kappa shape index (κ2) is 8.36. The molecule has 0 amide bonds. The second-order valence-corrected chi connectivity index (χ2v) is 14.5. The number of nitrogens with one attached hydrogen (secondary N) is 2. The fourth-order valence-electron chi connectivity index (χ4n) is 9.03. The van der Waals surface area contributed by atoms with E-state index in [0.717, 1.165) is 35.5 Å². The molecule has 2 heteroatoms. The SMILES string of the molecule is CC(C1CCC(C(C)C2C(C)(C)CNCC2(C)C)CC1)C1CC(C)(C)NC(C)(C)C1. The van der Waals surface area contributed by atoms with E-state index in [1.54, 1.807) is 0 Å². The van der Waals surface area contributed by atoms with Crippen molar-refractivity contribution in [2.75, 3.05) is 13.1 Å². The monoisotopic (exact) mass is 418 g/mol. The highest BCUT2D eigenvalue weighted by molar-refractivity contribution is 5.01. The quantitative estimate of drug-likeness (QED) is 0.519. The van der Waals surface area contributed by atoms with Gasteiger partial charge in [0, 0.05) is 24.2 Å². The Balaban J connectivity index is 1.61. The Bertz CT molecular complexity index is 547. The highest BCUT2D eigenvalue weighted by atomic mass is 15.0. The van der Waals surface area contributed by atoms with Crippen molar-refractivity contribution in [2.45, 2.75) is 119 Å². The summed E-state index contributed by atoms with van der Waals surface area (Å²) in [6.45, 7) is 27.2. The Morgan fingerprint density at radius 3 is 1.43 bits per heavy atom. The standard InChI is InChI=1S/C28H54N2/c1-19(23-15-27(7,8)30-28(9,10)16-23)21-11-13-22(14-12-21)20(2)24-25(3,4)17-29-18-26(24,5)6/h19-24,29-30H,11-18H2,1-10H3. The Morgan fingerprint density at radius 2 is 1.00 bits per heavy atom. The van der Waals surface area contributed by atoms with E-state index in [4.69, 9.17) is 0 Å². The van der Waals surface area contributed by atoms with Crippen molar-refractivity contribution < 1.29 is 0 Å². The minimum Gasteiger partial charge on any atom is -0.316 e. The van der Waals surface area contributed by atoms with E-state index in [9.17, 15) is 0 Å². The van der Waals surface area contributed by atoms with Crippen molar-refractivity contribution >= 4 is 0 Å². The molecule has 30 heavy (non-hydrogen) atoms. The average Bonchev–Trinajstić information content (AvgIpc) is 2.56. The molecule has 2 saturated heterocycles. The molecule has 3 aliphatic rings. The lowest BCUT2D eigenvalue weighted by Crippen LogP contribution is -2.59. The first-order valence-electron chi connectivity index (χ1n) is 13.1. The van der Waals surface area contributed by atoms with Crippen LogP contribution in [0.4, 0.5) is 0 Å².